The van der Waals surface area contributed by atoms with Crippen LogP contribution in [0.2, 0.25) is 0 Å². The molecule has 0 aliphatic carbocycles. The topological polar surface area (TPSA) is 65.7 Å². The van der Waals surface area contributed by atoms with Gasteiger partial charge in [-0.15, -0.1) is 0 Å². The molecule has 0 atom stereocenters. The van der Waals surface area contributed by atoms with E-state index < -0.39 is 0 Å². The van der Waals surface area contributed by atoms with E-state index in [2.05, 4.69) is 56.7 Å². The number of benzene rings is 2. The molecule has 2 saturated heterocycles. The molecule has 0 saturated carbocycles. The minimum absolute atomic E-state index is 0.0755. The van der Waals surface area contributed by atoms with Crippen molar-refractivity contribution in [3.8, 4) is 0 Å². The van der Waals surface area contributed by atoms with Crippen molar-refractivity contribution < 1.29 is 9.21 Å². The Balaban J connectivity index is 1.10. The van der Waals surface area contributed by atoms with Gasteiger partial charge in [-0.1, -0.05) is 24.3 Å². The standard InChI is InChI=1S/C28H31N5O2/c1-19-6-5-8-23(20(19)2)31-14-16-33(17-15-31)28(34)21-10-12-32(13-11-21)27-26-25(29-18-30-27)22-7-3-4-9-24(22)35-26/h3-9,18,21H,10-17H2,1-2H3. The number of furan rings is 1. The maximum Gasteiger partial charge on any atom is 0.225 e. The Bertz CT molecular complexity index is 1380. The number of carbonyl (C=O) groups is 1. The lowest BCUT2D eigenvalue weighted by atomic mass is 9.95. The maximum absolute atomic E-state index is 13.3. The molecular formula is C28H31N5O2. The second-order valence-corrected chi connectivity index (χ2v) is 9.77. The van der Waals surface area contributed by atoms with Crippen LogP contribution in [0.3, 0.4) is 0 Å². The van der Waals surface area contributed by atoms with Gasteiger partial charge in [0.25, 0.3) is 0 Å². The molecule has 0 unspecified atom stereocenters. The number of aryl methyl sites for hydroxylation is 1. The third kappa shape index (κ3) is 3.89. The maximum atomic E-state index is 13.3. The molecule has 0 bridgehead atoms. The van der Waals surface area contributed by atoms with Gasteiger partial charge in [-0.3, -0.25) is 4.79 Å². The number of para-hydroxylation sites is 1. The highest BCUT2D eigenvalue weighted by Crippen LogP contribution is 2.34. The van der Waals surface area contributed by atoms with Crippen LogP contribution < -0.4 is 9.80 Å². The average Bonchev–Trinajstić information content (AvgIpc) is 3.29. The van der Waals surface area contributed by atoms with E-state index in [1.54, 1.807) is 6.33 Å². The molecule has 0 N–H and O–H groups in total. The molecule has 0 radical (unpaired) electrons. The summed E-state index contributed by atoms with van der Waals surface area (Å²) in [6.45, 7) is 9.29. The fourth-order valence-electron chi connectivity index (χ4n) is 5.58. The van der Waals surface area contributed by atoms with E-state index in [1.165, 1.54) is 16.8 Å². The van der Waals surface area contributed by atoms with Gasteiger partial charge in [0.05, 0.1) is 0 Å². The smallest absolute Gasteiger partial charge is 0.225 e. The first-order valence-corrected chi connectivity index (χ1v) is 12.6. The molecule has 180 valence electrons. The number of anilines is 2. The lowest BCUT2D eigenvalue weighted by Gasteiger charge is -2.40. The normalized spacial score (nSPS) is 17.5. The third-order valence-electron chi connectivity index (χ3n) is 7.79. The Morgan fingerprint density at radius 3 is 2.46 bits per heavy atom. The summed E-state index contributed by atoms with van der Waals surface area (Å²) >= 11 is 0. The Morgan fingerprint density at radius 1 is 0.886 bits per heavy atom. The number of amides is 1. The van der Waals surface area contributed by atoms with E-state index in [0.717, 1.165) is 80.0 Å². The number of piperidine rings is 1. The van der Waals surface area contributed by atoms with Crippen LogP contribution in [0.15, 0.2) is 53.2 Å². The molecule has 6 rings (SSSR count). The molecule has 0 spiro atoms. The molecule has 1 amide bonds. The molecule has 2 aliphatic heterocycles. The Labute approximate surface area is 205 Å². The van der Waals surface area contributed by atoms with Crippen molar-refractivity contribution in [2.75, 3.05) is 49.1 Å². The van der Waals surface area contributed by atoms with E-state index in [-0.39, 0.29) is 5.92 Å². The summed E-state index contributed by atoms with van der Waals surface area (Å²) < 4.78 is 6.12. The van der Waals surface area contributed by atoms with E-state index in [9.17, 15) is 4.79 Å². The van der Waals surface area contributed by atoms with Crippen LogP contribution in [0.1, 0.15) is 24.0 Å². The zero-order valence-electron chi connectivity index (χ0n) is 20.4. The summed E-state index contributed by atoms with van der Waals surface area (Å²) in [6.07, 6.45) is 3.29. The number of hydrogen-bond acceptors (Lipinski definition) is 6. The first-order chi connectivity index (χ1) is 17.1. The van der Waals surface area contributed by atoms with E-state index in [1.807, 2.05) is 24.3 Å². The van der Waals surface area contributed by atoms with Gasteiger partial charge in [-0.05, 0) is 56.0 Å². The molecule has 35 heavy (non-hydrogen) atoms. The summed E-state index contributed by atoms with van der Waals surface area (Å²) in [6, 6.07) is 14.4. The fourth-order valence-corrected chi connectivity index (χ4v) is 5.58. The number of nitrogens with zero attached hydrogens (tertiary/aromatic N) is 5. The number of aromatic nitrogens is 2. The van der Waals surface area contributed by atoms with Crippen LogP contribution >= 0.6 is 0 Å². The van der Waals surface area contributed by atoms with Gasteiger partial charge in [0.1, 0.15) is 17.4 Å². The van der Waals surface area contributed by atoms with Crippen LogP contribution in [0, 0.1) is 19.8 Å². The van der Waals surface area contributed by atoms with E-state index in [4.69, 9.17) is 4.42 Å². The monoisotopic (exact) mass is 469 g/mol. The summed E-state index contributed by atoms with van der Waals surface area (Å²) in [7, 11) is 0. The van der Waals surface area contributed by atoms with Crippen LogP contribution in [0.25, 0.3) is 22.1 Å². The minimum atomic E-state index is 0.0755. The van der Waals surface area contributed by atoms with Crippen molar-refractivity contribution in [3.05, 3.63) is 59.9 Å². The third-order valence-corrected chi connectivity index (χ3v) is 7.79. The molecule has 2 aromatic carbocycles. The molecule has 2 aromatic heterocycles. The fraction of sp³-hybridized carbons (Fsp3) is 0.393. The Kier molecular flexibility index (Phi) is 5.55. The number of hydrogen-bond donors (Lipinski definition) is 0. The van der Waals surface area contributed by atoms with Crippen molar-refractivity contribution in [1.29, 1.82) is 0 Å². The van der Waals surface area contributed by atoms with Crippen LogP contribution in [0.5, 0.6) is 0 Å². The summed E-state index contributed by atoms with van der Waals surface area (Å²) in [4.78, 5) is 29.1. The Morgan fingerprint density at radius 2 is 1.66 bits per heavy atom. The average molecular weight is 470 g/mol. The molecule has 4 heterocycles. The van der Waals surface area contributed by atoms with Gasteiger partial charge in [0.15, 0.2) is 11.4 Å². The van der Waals surface area contributed by atoms with E-state index >= 15 is 0 Å². The molecule has 2 fully saturated rings. The lowest BCUT2D eigenvalue weighted by Crippen LogP contribution is -2.52. The first-order valence-electron chi connectivity index (χ1n) is 12.6. The minimum Gasteiger partial charge on any atom is -0.450 e. The molecule has 7 heteroatoms. The highest BCUT2D eigenvalue weighted by Gasteiger charge is 2.32. The predicted molar refractivity (Wildman–Crippen MR) is 139 cm³/mol. The molecule has 2 aliphatic rings. The molecule has 7 nitrogen and oxygen atoms in total. The summed E-state index contributed by atoms with van der Waals surface area (Å²) in [5.41, 5.74) is 6.37. The zero-order valence-corrected chi connectivity index (χ0v) is 20.4. The molecular weight excluding hydrogens is 438 g/mol. The van der Waals surface area contributed by atoms with Crippen LogP contribution in [-0.2, 0) is 4.79 Å². The zero-order chi connectivity index (χ0) is 23.9. The van der Waals surface area contributed by atoms with Gasteiger partial charge < -0.3 is 19.1 Å². The van der Waals surface area contributed by atoms with Gasteiger partial charge in [0.2, 0.25) is 5.91 Å². The SMILES string of the molecule is Cc1cccc(N2CCN(C(=O)C3CCN(c4ncnc5c4oc4ccccc45)CC3)CC2)c1C. The second-order valence-electron chi connectivity index (χ2n) is 9.77. The van der Waals surface area contributed by atoms with Gasteiger partial charge in [-0.2, -0.15) is 0 Å². The van der Waals surface area contributed by atoms with Gasteiger partial charge in [0, 0.05) is 56.3 Å². The predicted octanol–water partition coefficient (Wildman–Crippen LogP) is 4.56. The first kappa shape index (κ1) is 21.9. The number of piperazine rings is 1. The highest BCUT2D eigenvalue weighted by molar-refractivity contribution is 6.05. The van der Waals surface area contributed by atoms with Crippen LogP contribution in [-0.4, -0.2) is 60.0 Å². The van der Waals surface area contributed by atoms with Crippen molar-refractivity contribution in [2.24, 2.45) is 5.92 Å². The van der Waals surface area contributed by atoms with Crippen LogP contribution in [0.4, 0.5) is 11.5 Å². The lowest BCUT2D eigenvalue weighted by molar-refractivity contribution is -0.136. The Hall–Kier alpha value is -3.61. The second kappa shape index (κ2) is 8.87. The summed E-state index contributed by atoms with van der Waals surface area (Å²) in [5, 5.41) is 1.01. The quantitative estimate of drug-likeness (QED) is 0.438. The number of fused-ring (bicyclic) bond motifs is 3. The van der Waals surface area contributed by atoms with E-state index in [0.29, 0.717) is 5.91 Å². The highest BCUT2D eigenvalue weighted by atomic mass is 16.3. The van der Waals surface area contributed by atoms with Crippen molar-refractivity contribution in [3.63, 3.8) is 0 Å². The molecule has 4 aromatic rings. The van der Waals surface area contributed by atoms with Crippen molar-refractivity contribution in [2.45, 2.75) is 26.7 Å². The number of rotatable bonds is 3. The van der Waals surface area contributed by atoms with Crippen molar-refractivity contribution >= 4 is 39.5 Å². The number of carbonyl (C=O) groups excluding carboxylic acids is 1. The van der Waals surface area contributed by atoms with Gasteiger partial charge >= 0.3 is 0 Å². The summed E-state index contributed by atoms with van der Waals surface area (Å²) in [5.74, 6) is 1.22. The largest absolute Gasteiger partial charge is 0.450 e. The van der Waals surface area contributed by atoms with Gasteiger partial charge in [-0.25, -0.2) is 9.97 Å². The van der Waals surface area contributed by atoms with Crippen molar-refractivity contribution in [1.82, 2.24) is 14.9 Å².